The van der Waals surface area contributed by atoms with Gasteiger partial charge in [0, 0.05) is 17.4 Å². The highest BCUT2D eigenvalue weighted by atomic mass is 32.2. The number of rotatable bonds is 10. The van der Waals surface area contributed by atoms with Gasteiger partial charge in [0.25, 0.3) is 10.0 Å². The molecular weight excluding hydrogens is 504 g/mol. The quantitative estimate of drug-likeness (QED) is 0.276. The molecule has 0 unspecified atom stereocenters. The first kappa shape index (κ1) is 26.8. The van der Waals surface area contributed by atoms with Gasteiger partial charge in [0.05, 0.1) is 29.6 Å². The topological polar surface area (TPSA) is 126 Å². The molecule has 11 heteroatoms. The number of nitrogens with zero attached hydrogens (tertiary/aromatic N) is 3. The zero-order valence-corrected chi connectivity index (χ0v) is 22.5. The largest absolute Gasteiger partial charge is 0.497 e. The van der Waals surface area contributed by atoms with E-state index >= 15 is 0 Å². The maximum absolute atomic E-state index is 13.4. The minimum absolute atomic E-state index is 0.0317. The molecule has 0 aliphatic heterocycles. The van der Waals surface area contributed by atoms with E-state index in [0.717, 1.165) is 12.0 Å². The highest BCUT2D eigenvalue weighted by Gasteiger charge is 2.20. The summed E-state index contributed by atoms with van der Waals surface area (Å²) < 4.78 is 34.8. The Hall–Kier alpha value is -4.22. The van der Waals surface area contributed by atoms with Crippen LogP contribution in [0, 0.1) is 0 Å². The number of aryl methyl sites for hydroxylation is 1. The highest BCUT2D eigenvalue weighted by Crippen LogP contribution is 2.30. The molecule has 0 saturated carbocycles. The van der Waals surface area contributed by atoms with Crippen LogP contribution in [0.25, 0.3) is 11.0 Å². The fourth-order valence-electron chi connectivity index (χ4n) is 3.76. The number of amides is 1. The van der Waals surface area contributed by atoms with Gasteiger partial charge in [0.15, 0.2) is 11.6 Å². The molecule has 10 nitrogen and oxygen atoms in total. The predicted octanol–water partition coefficient (Wildman–Crippen LogP) is 4.25. The minimum atomic E-state index is -4.08. The Morgan fingerprint density at radius 3 is 2.29 bits per heavy atom. The summed E-state index contributed by atoms with van der Waals surface area (Å²) in [6.07, 6.45) is 0.788. The average molecular weight is 535 g/mol. The lowest BCUT2D eigenvalue weighted by Crippen LogP contribution is -2.27. The number of ether oxygens (including phenoxy) is 1. The number of methoxy groups -OCH3 is 1. The molecule has 0 radical (unpaired) electrons. The number of para-hydroxylation sites is 2. The fraction of sp³-hybridized carbons (Fsp3) is 0.222. The molecule has 1 amide bonds. The van der Waals surface area contributed by atoms with Crippen LogP contribution in [-0.4, -0.2) is 56.9 Å². The Morgan fingerprint density at radius 2 is 1.63 bits per heavy atom. The third kappa shape index (κ3) is 6.55. The van der Waals surface area contributed by atoms with Crippen LogP contribution in [0.1, 0.15) is 12.5 Å². The molecule has 0 aliphatic rings. The zero-order valence-electron chi connectivity index (χ0n) is 21.6. The van der Waals surface area contributed by atoms with Gasteiger partial charge in [0.1, 0.15) is 5.75 Å². The van der Waals surface area contributed by atoms with Crippen molar-refractivity contribution >= 4 is 50.0 Å². The maximum atomic E-state index is 13.4. The van der Waals surface area contributed by atoms with E-state index in [1.807, 2.05) is 25.1 Å². The molecule has 4 aromatic rings. The first-order valence-electron chi connectivity index (χ1n) is 12.0. The maximum Gasteiger partial charge on any atom is 0.263 e. The van der Waals surface area contributed by atoms with Gasteiger partial charge in [-0.1, -0.05) is 25.1 Å². The van der Waals surface area contributed by atoms with E-state index in [2.05, 4.69) is 25.3 Å². The summed E-state index contributed by atoms with van der Waals surface area (Å²) >= 11 is 0. The Balaban J connectivity index is 1.69. The molecule has 0 fully saturated rings. The van der Waals surface area contributed by atoms with Crippen LogP contribution in [0.3, 0.4) is 0 Å². The first-order chi connectivity index (χ1) is 18.2. The van der Waals surface area contributed by atoms with Crippen molar-refractivity contribution in [1.29, 1.82) is 0 Å². The molecule has 0 saturated heterocycles. The second kappa shape index (κ2) is 11.4. The Kier molecular flexibility index (Phi) is 8.08. The summed E-state index contributed by atoms with van der Waals surface area (Å²) in [7, 11) is 1.05. The number of sulfonamides is 1. The van der Waals surface area contributed by atoms with Gasteiger partial charge in [-0.2, -0.15) is 0 Å². The van der Waals surface area contributed by atoms with Gasteiger partial charge in [-0.25, -0.2) is 18.4 Å². The fourth-order valence-corrected chi connectivity index (χ4v) is 4.82. The number of fused-ring (bicyclic) bond motifs is 1. The number of hydrogen-bond donors (Lipinski definition) is 3. The first-order valence-corrected chi connectivity index (χ1v) is 13.4. The van der Waals surface area contributed by atoms with Gasteiger partial charge in [0.2, 0.25) is 5.91 Å². The molecule has 0 spiro atoms. The number of carbonyl (C=O) groups excluding carboxylic acids is 1. The molecule has 0 bridgehead atoms. The molecular formula is C27H30N6O4S. The lowest BCUT2D eigenvalue weighted by molar-refractivity contribution is -0.116. The SMILES string of the molecule is CCc1cc(Nc2nc3ccccc3nc2NS(=O)(=O)c2cccc(NC(=O)CN(C)C)c2)cc(OC)c1. The second-order valence-corrected chi connectivity index (χ2v) is 10.6. The van der Waals surface area contributed by atoms with Crippen LogP contribution in [0.4, 0.5) is 23.0 Å². The van der Waals surface area contributed by atoms with Gasteiger partial charge < -0.3 is 20.3 Å². The Bertz CT molecular complexity index is 1550. The molecule has 3 N–H and O–H groups in total. The summed E-state index contributed by atoms with van der Waals surface area (Å²) in [5.41, 5.74) is 3.21. The van der Waals surface area contributed by atoms with Crippen molar-refractivity contribution in [2.75, 3.05) is 43.1 Å². The van der Waals surface area contributed by atoms with E-state index in [1.54, 1.807) is 62.5 Å². The van der Waals surface area contributed by atoms with Crippen molar-refractivity contribution in [2.45, 2.75) is 18.2 Å². The van der Waals surface area contributed by atoms with E-state index in [9.17, 15) is 13.2 Å². The van der Waals surface area contributed by atoms with Gasteiger partial charge >= 0.3 is 0 Å². The lowest BCUT2D eigenvalue weighted by Gasteiger charge is -2.15. The summed E-state index contributed by atoms with van der Waals surface area (Å²) in [6, 6.07) is 18.9. The van der Waals surface area contributed by atoms with Crippen LogP contribution >= 0.6 is 0 Å². The summed E-state index contributed by atoms with van der Waals surface area (Å²) in [5.74, 6) is 0.676. The van der Waals surface area contributed by atoms with Gasteiger partial charge in [-0.3, -0.25) is 9.52 Å². The Labute approximate surface area is 222 Å². The predicted molar refractivity (Wildman–Crippen MR) is 150 cm³/mol. The zero-order chi connectivity index (χ0) is 27.3. The summed E-state index contributed by atoms with van der Waals surface area (Å²) in [5, 5.41) is 5.92. The number of hydrogen-bond acceptors (Lipinski definition) is 8. The van der Waals surface area contributed by atoms with E-state index in [1.165, 1.54) is 12.1 Å². The number of carbonyl (C=O) groups is 1. The summed E-state index contributed by atoms with van der Waals surface area (Å²) in [4.78, 5) is 23.0. The number of benzene rings is 3. The van der Waals surface area contributed by atoms with Gasteiger partial charge in [-0.05, 0) is 68.5 Å². The molecule has 4 rings (SSSR count). The van der Waals surface area contributed by atoms with E-state index in [-0.39, 0.29) is 29.0 Å². The molecule has 198 valence electrons. The third-order valence-electron chi connectivity index (χ3n) is 5.56. The van der Waals surface area contributed by atoms with E-state index in [4.69, 9.17) is 4.74 Å². The lowest BCUT2D eigenvalue weighted by atomic mass is 10.1. The van der Waals surface area contributed by atoms with Crippen molar-refractivity contribution in [3.05, 3.63) is 72.3 Å². The number of nitrogens with one attached hydrogen (secondary N) is 3. The van der Waals surface area contributed by atoms with Gasteiger partial charge in [-0.15, -0.1) is 0 Å². The normalized spacial score (nSPS) is 11.4. The Morgan fingerprint density at radius 1 is 0.921 bits per heavy atom. The molecule has 38 heavy (non-hydrogen) atoms. The third-order valence-corrected chi connectivity index (χ3v) is 6.90. The van der Waals surface area contributed by atoms with Crippen molar-refractivity contribution < 1.29 is 17.9 Å². The van der Waals surface area contributed by atoms with Crippen LogP contribution in [0.5, 0.6) is 5.75 Å². The number of likely N-dealkylation sites (N-methyl/N-ethyl adjacent to an activating group) is 1. The molecule has 1 heterocycles. The monoisotopic (exact) mass is 534 g/mol. The molecule has 1 aromatic heterocycles. The van der Waals surface area contributed by atoms with Crippen LogP contribution < -0.4 is 20.1 Å². The number of aromatic nitrogens is 2. The average Bonchev–Trinajstić information content (AvgIpc) is 2.88. The van der Waals surface area contributed by atoms with Crippen molar-refractivity contribution in [1.82, 2.24) is 14.9 Å². The molecule has 0 aliphatic carbocycles. The van der Waals surface area contributed by atoms with Crippen molar-refractivity contribution in [2.24, 2.45) is 0 Å². The van der Waals surface area contributed by atoms with Crippen molar-refractivity contribution in [3.63, 3.8) is 0 Å². The highest BCUT2D eigenvalue weighted by molar-refractivity contribution is 7.92. The van der Waals surface area contributed by atoms with E-state index in [0.29, 0.717) is 28.2 Å². The smallest absolute Gasteiger partial charge is 0.263 e. The van der Waals surface area contributed by atoms with Crippen molar-refractivity contribution in [3.8, 4) is 5.75 Å². The number of anilines is 4. The second-order valence-electron chi connectivity index (χ2n) is 8.88. The minimum Gasteiger partial charge on any atom is -0.497 e. The van der Waals surface area contributed by atoms with Crippen LogP contribution in [-0.2, 0) is 21.2 Å². The van der Waals surface area contributed by atoms with E-state index < -0.39 is 10.0 Å². The van der Waals surface area contributed by atoms with Crippen LogP contribution in [0.2, 0.25) is 0 Å². The molecule has 3 aromatic carbocycles. The molecule has 0 atom stereocenters. The van der Waals surface area contributed by atoms with Crippen LogP contribution in [0.15, 0.2) is 71.6 Å². The summed E-state index contributed by atoms with van der Waals surface area (Å²) in [6.45, 7) is 2.20. The standard InChI is InChI=1S/C27H30N6O4S/c1-5-18-13-20(15-21(14-18)37-4)29-26-27(31-24-12-7-6-11-23(24)30-26)32-38(35,36)22-10-8-9-19(16-22)28-25(34)17-33(2)3/h6-16H,5,17H2,1-4H3,(H,28,34)(H,29,30)(H,31,32).